The highest BCUT2D eigenvalue weighted by Gasteiger charge is 2.28. The molecule has 0 rings (SSSR count). The van der Waals surface area contributed by atoms with Crippen molar-refractivity contribution in [3.63, 3.8) is 0 Å². The first kappa shape index (κ1) is 12.3. The summed E-state index contributed by atoms with van der Waals surface area (Å²) in [6.07, 6.45) is 3.70. The van der Waals surface area contributed by atoms with Crippen LogP contribution in [0.1, 0.15) is 53.9 Å². The topological polar surface area (TPSA) is 0 Å². The van der Waals surface area contributed by atoms with E-state index >= 15 is 0 Å². The molecular weight excluding hydrogens is 168 g/mol. The van der Waals surface area contributed by atoms with E-state index in [1.165, 1.54) is 19.3 Å². The molecule has 0 aliphatic heterocycles. The molecule has 0 saturated heterocycles. The van der Waals surface area contributed by atoms with Crippen molar-refractivity contribution in [2.24, 2.45) is 10.8 Å². The maximum atomic E-state index is 5.99. The zero-order chi connectivity index (χ0) is 9.83. The van der Waals surface area contributed by atoms with E-state index in [0.29, 0.717) is 10.8 Å². The van der Waals surface area contributed by atoms with Crippen molar-refractivity contribution in [1.29, 1.82) is 0 Å². The Balaban J connectivity index is 4.14. The van der Waals surface area contributed by atoms with Gasteiger partial charge in [-0.1, -0.05) is 41.0 Å². The first-order chi connectivity index (χ1) is 5.33. The van der Waals surface area contributed by atoms with E-state index in [2.05, 4.69) is 34.6 Å². The molecule has 1 heteroatoms. The molecule has 0 fully saturated rings. The van der Waals surface area contributed by atoms with Crippen LogP contribution < -0.4 is 0 Å². The molecule has 0 amide bonds. The molecule has 0 bridgehead atoms. The second kappa shape index (κ2) is 4.50. The Kier molecular flexibility index (Phi) is 4.61. The molecule has 12 heavy (non-hydrogen) atoms. The molecule has 0 aromatic carbocycles. The van der Waals surface area contributed by atoms with Gasteiger partial charge < -0.3 is 0 Å². The fourth-order valence-corrected chi connectivity index (χ4v) is 2.31. The average Bonchev–Trinajstić information content (AvgIpc) is 1.84. The first-order valence-electron chi connectivity index (χ1n) is 4.89. The van der Waals surface area contributed by atoms with E-state index in [1.54, 1.807) is 0 Å². The Morgan fingerprint density at radius 3 is 1.83 bits per heavy atom. The van der Waals surface area contributed by atoms with E-state index < -0.39 is 0 Å². The molecule has 1 atom stereocenters. The number of hydrogen-bond donors (Lipinski definition) is 0. The van der Waals surface area contributed by atoms with Crippen molar-refractivity contribution in [3.8, 4) is 0 Å². The van der Waals surface area contributed by atoms with Crippen LogP contribution in [0.15, 0.2) is 0 Å². The van der Waals surface area contributed by atoms with Gasteiger partial charge in [-0.05, 0) is 23.7 Å². The largest absolute Gasteiger partial charge is 0.126 e. The lowest BCUT2D eigenvalue weighted by Crippen LogP contribution is -2.25. The lowest BCUT2D eigenvalue weighted by atomic mass is 9.74. The second-order valence-corrected chi connectivity index (χ2v) is 5.70. The highest BCUT2D eigenvalue weighted by Crippen LogP contribution is 2.37. The first-order valence-corrected chi connectivity index (χ1v) is 5.42. The summed E-state index contributed by atoms with van der Waals surface area (Å²) in [5.74, 6) is 0.790. The Morgan fingerprint density at radius 2 is 1.58 bits per heavy atom. The van der Waals surface area contributed by atoms with Crippen LogP contribution in [0, 0.1) is 10.8 Å². The predicted octanol–water partition coefficient (Wildman–Crippen LogP) is 4.47. The van der Waals surface area contributed by atoms with Gasteiger partial charge in [0.05, 0.1) is 0 Å². The predicted molar refractivity (Wildman–Crippen MR) is 57.8 cm³/mol. The van der Waals surface area contributed by atoms with Gasteiger partial charge in [0, 0.05) is 5.88 Å². The number of hydrogen-bond acceptors (Lipinski definition) is 0. The second-order valence-electron chi connectivity index (χ2n) is 5.43. The van der Waals surface area contributed by atoms with Gasteiger partial charge in [-0.2, -0.15) is 0 Å². The summed E-state index contributed by atoms with van der Waals surface area (Å²) in [6, 6.07) is 0. The molecule has 74 valence electrons. The third kappa shape index (κ3) is 5.03. The lowest BCUT2D eigenvalue weighted by Gasteiger charge is -2.34. The van der Waals surface area contributed by atoms with Gasteiger partial charge in [0.2, 0.25) is 0 Å². The van der Waals surface area contributed by atoms with Crippen molar-refractivity contribution >= 4 is 11.6 Å². The monoisotopic (exact) mass is 190 g/mol. The van der Waals surface area contributed by atoms with E-state index in [1.807, 2.05) is 0 Å². The van der Waals surface area contributed by atoms with Gasteiger partial charge in [-0.25, -0.2) is 0 Å². The summed E-state index contributed by atoms with van der Waals surface area (Å²) in [7, 11) is 0. The van der Waals surface area contributed by atoms with Gasteiger partial charge >= 0.3 is 0 Å². The van der Waals surface area contributed by atoms with Crippen molar-refractivity contribution < 1.29 is 0 Å². The van der Waals surface area contributed by atoms with Crippen molar-refractivity contribution in [1.82, 2.24) is 0 Å². The minimum atomic E-state index is 0.342. The van der Waals surface area contributed by atoms with Gasteiger partial charge in [0.15, 0.2) is 0 Å². The van der Waals surface area contributed by atoms with E-state index in [-0.39, 0.29) is 0 Å². The Hall–Kier alpha value is 0.290. The standard InChI is InChI=1S/C11H23Cl/c1-6-7-11(5,9-12)8-10(2,3)4/h6-9H2,1-5H3. The molecule has 1 unspecified atom stereocenters. The quantitative estimate of drug-likeness (QED) is 0.574. The van der Waals surface area contributed by atoms with E-state index in [4.69, 9.17) is 11.6 Å². The summed E-state index contributed by atoms with van der Waals surface area (Å²) in [5.41, 5.74) is 0.743. The zero-order valence-corrected chi connectivity index (χ0v) is 9.96. The molecule has 0 saturated carbocycles. The maximum Gasteiger partial charge on any atom is 0.0277 e. The lowest BCUT2D eigenvalue weighted by molar-refractivity contribution is 0.201. The molecule has 0 heterocycles. The van der Waals surface area contributed by atoms with Crippen molar-refractivity contribution in [2.75, 3.05) is 5.88 Å². The zero-order valence-electron chi connectivity index (χ0n) is 9.21. The Labute approximate surface area is 82.7 Å². The average molecular weight is 191 g/mol. The van der Waals surface area contributed by atoms with Gasteiger partial charge in [-0.3, -0.25) is 0 Å². The van der Waals surface area contributed by atoms with Crippen LogP contribution in [0.2, 0.25) is 0 Å². The molecule has 0 N–H and O–H groups in total. The summed E-state index contributed by atoms with van der Waals surface area (Å²) in [4.78, 5) is 0. The van der Waals surface area contributed by atoms with E-state index in [9.17, 15) is 0 Å². The fraction of sp³-hybridized carbons (Fsp3) is 1.00. The Bertz CT molecular complexity index is 123. The highest BCUT2D eigenvalue weighted by molar-refractivity contribution is 6.18. The molecule has 0 spiro atoms. The number of alkyl halides is 1. The smallest absolute Gasteiger partial charge is 0.0277 e. The summed E-state index contributed by atoms with van der Waals surface area (Å²) < 4.78 is 0. The molecule has 0 aliphatic rings. The third-order valence-electron chi connectivity index (χ3n) is 2.13. The Morgan fingerprint density at radius 1 is 1.08 bits per heavy atom. The van der Waals surface area contributed by atoms with Gasteiger partial charge in [0.25, 0.3) is 0 Å². The van der Waals surface area contributed by atoms with Crippen LogP contribution in [0.5, 0.6) is 0 Å². The minimum absolute atomic E-state index is 0.342. The van der Waals surface area contributed by atoms with Gasteiger partial charge in [0.1, 0.15) is 0 Å². The molecule has 0 nitrogen and oxygen atoms in total. The van der Waals surface area contributed by atoms with Crippen LogP contribution in [0.3, 0.4) is 0 Å². The maximum absolute atomic E-state index is 5.99. The molecule has 0 aliphatic carbocycles. The minimum Gasteiger partial charge on any atom is -0.126 e. The summed E-state index contributed by atoms with van der Waals surface area (Å²) in [5, 5.41) is 0. The van der Waals surface area contributed by atoms with E-state index in [0.717, 1.165) is 5.88 Å². The van der Waals surface area contributed by atoms with Crippen LogP contribution in [0.4, 0.5) is 0 Å². The molecule has 0 aromatic heterocycles. The SMILES string of the molecule is CCCC(C)(CCl)CC(C)(C)C. The van der Waals surface area contributed by atoms with Gasteiger partial charge in [-0.15, -0.1) is 11.6 Å². The normalized spacial score (nSPS) is 17.5. The van der Waals surface area contributed by atoms with Crippen molar-refractivity contribution in [2.45, 2.75) is 53.9 Å². The summed E-state index contributed by atoms with van der Waals surface area (Å²) in [6.45, 7) is 11.4. The van der Waals surface area contributed by atoms with Crippen LogP contribution >= 0.6 is 11.6 Å². The van der Waals surface area contributed by atoms with Crippen LogP contribution in [-0.2, 0) is 0 Å². The van der Waals surface area contributed by atoms with Crippen LogP contribution in [0.25, 0.3) is 0 Å². The van der Waals surface area contributed by atoms with Crippen molar-refractivity contribution in [3.05, 3.63) is 0 Å². The highest BCUT2D eigenvalue weighted by atomic mass is 35.5. The number of rotatable bonds is 4. The van der Waals surface area contributed by atoms with Crippen LogP contribution in [-0.4, -0.2) is 5.88 Å². The molecule has 0 aromatic rings. The molecule has 0 radical (unpaired) electrons. The summed E-state index contributed by atoms with van der Waals surface area (Å²) >= 11 is 5.99. The fourth-order valence-electron chi connectivity index (χ4n) is 2.09. The third-order valence-corrected chi connectivity index (χ3v) is 2.78. The molecular formula is C11H23Cl. The number of halogens is 1.